The average Bonchev–Trinajstić information content (AvgIpc) is 2.39. The van der Waals surface area contributed by atoms with Gasteiger partial charge < -0.3 is 15.0 Å². The highest BCUT2D eigenvalue weighted by molar-refractivity contribution is 6.31. The van der Waals surface area contributed by atoms with E-state index in [1.54, 1.807) is 0 Å². The Hall–Kier alpha value is -1.82. The van der Waals surface area contributed by atoms with Gasteiger partial charge in [0.15, 0.2) is 5.78 Å². The van der Waals surface area contributed by atoms with E-state index in [4.69, 9.17) is 11.6 Å². The van der Waals surface area contributed by atoms with E-state index in [-0.39, 0.29) is 16.4 Å². The standard InChI is InChI=1S/C12H15ClN2O4/c1-3-4-14-11-7(5-8(13)12(18)15-11)9(16)6-10(17)19-2/h5H,3-4,6H2,1-2H3,(H2,14,15,18). The Morgan fingerprint density at radius 1 is 1.47 bits per heavy atom. The van der Waals surface area contributed by atoms with E-state index in [2.05, 4.69) is 15.0 Å². The molecule has 0 unspecified atom stereocenters. The summed E-state index contributed by atoms with van der Waals surface area (Å²) in [6, 6.07) is 1.25. The van der Waals surface area contributed by atoms with Crippen LogP contribution < -0.4 is 10.9 Å². The second-order valence-corrected chi connectivity index (χ2v) is 4.25. The number of hydrogen-bond donors (Lipinski definition) is 2. The van der Waals surface area contributed by atoms with Crippen molar-refractivity contribution >= 4 is 29.2 Å². The van der Waals surface area contributed by atoms with Crippen LogP contribution in [0.4, 0.5) is 5.82 Å². The summed E-state index contributed by atoms with van der Waals surface area (Å²) in [4.78, 5) is 36.9. The summed E-state index contributed by atoms with van der Waals surface area (Å²) in [6.07, 6.45) is 0.412. The number of aromatic nitrogens is 1. The van der Waals surface area contributed by atoms with Crippen molar-refractivity contribution in [3.05, 3.63) is 27.0 Å². The van der Waals surface area contributed by atoms with Crippen LogP contribution in [0.15, 0.2) is 10.9 Å². The third-order valence-electron chi connectivity index (χ3n) is 2.38. The lowest BCUT2D eigenvalue weighted by molar-refractivity contribution is -0.139. The molecule has 2 N–H and O–H groups in total. The summed E-state index contributed by atoms with van der Waals surface area (Å²) in [5.74, 6) is -0.845. The zero-order chi connectivity index (χ0) is 14.4. The Labute approximate surface area is 115 Å². The normalized spacial score (nSPS) is 10.1. The zero-order valence-corrected chi connectivity index (χ0v) is 11.5. The summed E-state index contributed by atoms with van der Waals surface area (Å²) in [5, 5.41) is 2.81. The first kappa shape index (κ1) is 15.2. The molecular formula is C12H15ClN2O4. The van der Waals surface area contributed by atoms with Gasteiger partial charge in [0.25, 0.3) is 5.56 Å². The van der Waals surface area contributed by atoms with Gasteiger partial charge in [0.2, 0.25) is 0 Å². The van der Waals surface area contributed by atoms with Crippen LogP contribution in [0.25, 0.3) is 0 Å². The number of nitrogens with one attached hydrogen (secondary N) is 2. The smallest absolute Gasteiger partial charge is 0.313 e. The summed E-state index contributed by atoms with van der Waals surface area (Å²) < 4.78 is 4.43. The number of Topliss-reactive ketones (excluding diaryl/α,β-unsaturated/α-hetero) is 1. The van der Waals surface area contributed by atoms with E-state index < -0.39 is 23.7 Å². The molecule has 0 amide bonds. The molecule has 0 saturated heterocycles. The number of ether oxygens (including phenoxy) is 1. The molecule has 0 fully saturated rings. The SMILES string of the molecule is CCCNc1[nH]c(=O)c(Cl)cc1C(=O)CC(=O)OC. The maximum atomic E-state index is 11.9. The number of esters is 1. The first-order chi connectivity index (χ1) is 8.99. The Morgan fingerprint density at radius 3 is 2.74 bits per heavy atom. The molecule has 0 aliphatic carbocycles. The molecule has 1 aromatic rings. The maximum absolute atomic E-state index is 11.9. The van der Waals surface area contributed by atoms with Crippen LogP contribution in [0.5, 0.6) is 0 Å². The molecule has 0 spiro atoms. The monoisotopic (exact) mass is 286 g/mol. The number of ketones is 1. The number of halogens is 1. The van der Waals surface area contributed by atoms with Gasteiger partial charge in [0.1, 0.15) is 17.3 Å². The molecule has 1 rings (SSSR count). The molecule has 0 bridgehead atoms. The van der Waals surface area contributed by atoms with E-state index in [1.165, 1.54) is 13.2 Å². The van der Waals surface area contributed by atoms with Crippen molar-refractivity contribution in [2.24, 2.45) is 0 Å². The number of aromatic amines is 1. The van der Waals surface area contributed by atoms with Gasteiger partial charge in [0.05, 0.1) is 12.7 Å². The molecule has 0 aromatic carbocycles. The molecule has 104 valence electrons. The zero-order valence-electron chi connectivity index (χ0n) is 10.7. The first-order valence-electron chi connectivity index (χ1n) is 5.76. The molecule has 6 nitrogen and oxygen atoms in total. The van der Waals surface area contributed by atoms with Crippen LogP contribution in [-0.4, -0.2) is 30.4 Å². The molecular weight excluding hydrogens is 272 g/mol. The predicted molar refractivity (Wildman–Crippen MR) is 71.8 cm³/mol. The fraction of sp³-hybridized carbons (Fsp3) is 0.417. The number of rotatable bonds is 6. The molecule has 7 heteroatoms. The number of methoxy groups -OCH3 is 1. The first-order valence-corrected chi connectivity index (χ1v) is 6.14. The molecule has 0 aliphatic rings. The van der Waals surface area contributed by atoms with Crippen molar-refractivity contribution in [1.29, 1.82) is 0 Å². The van der Waals surface area contributed by atoms with E-state index in [0.29, 0.717) is 6.54 Å². The number of hydrogen-bond acceptors (Lipinski definition) is 5. The lowest BCUT2D eigenvalue weighted by atomic mass is 10.1. The van der Waals surface area contributed by atoms with Gasteiger partial charge in [-0.1, -0.05) is 18.5 Å². The fourth-order valence-electron chi connectivity index (χ4n) is 1.41. The molecule has 0 saturated carbocycles. The highest BCUT2D eigenvalue weighted by Crippen LogP contribution is 2.16. The van der Waals surface area contributed by atoms with Gasteiger partial charge in [-0.3, -0.25) is 14.4 Å². The van der Waals surface area contributed by atoms with E-state index in [9.17, 15) is 14.4 Å². The van der Waals surface area contributed by atoms with Crippen molar-refractivity contribution in [2.45, 2.75) is 19.8 Å². The Kier molecular flexibility index (Phi) is 5.57. The van der Waals surface area contributed by atoms with Gasteiger partial charge in [0, 0.05) is 6.54 Å². The Bertz CT molecular complexity index is 539. The van der Waals surface area contributed by atoms with Crippen molar-refractivity contribution in [3.63, 3.8) is 0 Å². The minimum Gasteiger partial charge on any atom is -0.469 e. The predicted octanol–water partition coefficient (Wildman–Crippen LogP) is 1.60. The molecule has 0 atom stereocenters. The van der Waals surface area contributed by atoms with Gasteiger partial charge >= 0.3 is 5.97 Å². The second-order valence-electron chi connectivity index (χ2n) is 3.84. The van der Waals surface area contributed by atoms with Gasteiger partial charge in [-0.15, -0.1) is 0 Å². The van der Waals surface area contributed by atoms with Crippen LogP contribution in [-0.2, 0) is 9.53 Å². The minimum atomic E-state index is -0.645. The van der Waals surface area contributed by atoms with Crippen molar-refractivity contribution in [2.75, 3.05) is 19.0 Å². The van der Waals surface area contributed by atoms with Crippen molar-refractivity contribution < 1.29 is 14.3 Å². The topological polar surface area (TPSA) is 88.3 Å². The average molecular weight is 287 g/mol. The largest absolute Gasteiger partial charge is 0.469 e. The Balaban J connectivity index is 3.09. The second kappa shape index (κ2) is 6.94. The molecule has 19 heavy (non-hydrogen) atoms. The third kappa shape index (κ3) is 4.10. The fourth-order valence-corrected chi connectivity index (χ4v) is 1.57. The number of carbonyl (C=O) groups excluding carboxylic acids is 2. The van der Waals surface area contributed by atoms with Crippen LogP contribution >= 0.6 is 11.6 Å². The van der Waals surface area contributed by atoms with Crippen LogP contribution in [0.1, 0.15) is 30.1 Å². The number of carbonyl (C=O) groups is 2. The van der Waals surface area contributed by atoms with Gasteiger partial charge in [-0.25, -0.2) is 0 Å². The third-order valence-corrected chi connectivity index (χ3v) is 2.66. The maximum Gasteiger partial charge on any atom is 0.313 e. The highest BCUT2D eigenvalue weighted by Gasteiger charge is 2.18. The molecule has 1 aromatic heterocycles. The van der Waals surface area contributed by atoms with Crippen LogP contribution in [0.2, 0.25) is 5.02 Å². The number of pyridine rings is 1. The molecule has 0 radical (unpaired) electrons. The summed E-state index contributed by atoms with van der Waals surface area (Å²) in [6.45, 7) is 2.52. The molecule has 1 heterocycles. The van der Waals surface area contributed by atoms with E-state index in [0.717, 1.165) is 6.42 Å². The summed E-state index contributed by atoms with van der Waals surface area (Å²) >= 11 is 5.69. The van der Waals surface area contributed by atoms with Crippen LogP contribution in [0.3, 0.4) is 0 Å². The quantitative estimate of drug-likeness (QED) is 0.471. The van der Waals surface area contributed by atoms with Crippen molar-refractivity contribution in [1.82, 2.24) is 4.98 Å². The number of H-pyrrole nitrogens is 1. The lowest BCUT2D eigenvalue weighted by Crippen LogP contribution is -2.18. The van der Waals surface area contributed by atoms with Gasteiger partial charge in [-0.2, -0.15) is 0 Å². The Morgan fingerprint density at radius 2 is 2.16 bits per heavy atom. The van der Waals surface area contributed by atoms with E-state index in [1.807, 2.05) is 6.92 Å². The van der Waals surface area contributed by atoms with Gasteiger partial charge in [-0.05, 0) is 12.5 Å². The van der Waals surface area contributed by atoms with E-state index >= 15 is 0 Å². The summed E-state index contributed by atoms with van der Waals surface area (Å²) in [5.41, 5.74) is -0.321. The summed E-state index contributed by atoms with van der Waals surface area (Å²) in [7, 11) is 1.20. The van der Waals surface area contributed by atoms with Crippen molar-refractivity contribution in [3.8, 4) is 0 Å². The lowest BCUT2D eigenvalue weighted by Gasteiger charge is -2.10. The van der Waals surface area contributed by atoms with Crippen LogP contribution in [0, 0.1) is 0 Å². The molecule has 0 aliphatic heterocycles. The highest BCUT2D eigenvalue weighted by atomic mass is 35.5. The minimum absolute atomic E-state index is 0.102. The number of anilines is 1.